The van der Waals surface area contributed by atoms with Crippen LogP contribution in [0.3, 0.4) is 0 Å². The van der Waals surface area contributed by atoms with Gasteiger partial charge in [0, 0.05) is 18.4 Å². The van der Waals surface area contributed by atoms with Crippen molar-refractivity contribution in [1.29, 1.82) is 0 Å². The Bertz CT molecular complexity index is 610. The number of benzene rings is 2. The second kappa shape index (κ2) is 4.47. The van der Waals surface area contributed by atoms with E-state index in [9.17, 15) is 10.1 Å². The molecule has 0 bridgehead atoms. The van der Waals surface area contributed by atoms with Crippen LogP contribution in [0.1, 0.15) is 6.92 Å². The van der Waals surface area contributed by atoms with Gasteiger partial charge in [0.2, 0.25) is 5.75 Å². The lowest BCUT2D eigenvalue weighted by Gasteiger charge is -2.07. The zero-order valence-corrected chi connectivity index (χ0v) is 9.86. The topological polar surface area (TPSA) is 52.4 Å². The lowest BCUT2D eigenvalue weighted by Crippen LogP contribution is -2.02. The Morgan fingerprint density at radius 3 is 2.65 bits per heavy atom. The summed E-state index contributed by atoms with van der Waals surface area (Å²) >= 11 is 4.84. The first-order valence-electron chi connectivity index (χ1n) is 4.94. The fourth-order valence-electron chi connectivity index (χ4n) is 1.63. The first-order valence-corrected chi connectivity index (χ1v) is 5.35. The Balaban J connectivity index is 2.74. The van der Waals surface area contributed by atoms with Gasteiger partial charge in [0.05, 0.1) is 4.92 Å². The minimum atomic E-state index is -0.472. The summed E-state index contributed by atoms with van der Waals surface area (Å²) in [6.07, 6.45) is 0. The van der Waals surface area contributed by atoms with Crippen LogP contribution in [0.4, 0.5) is 5.69 Å². The molecule has 2 aromatic carbocycles. The van der Waals surface area contributed by atoms with Crippen LogP contribution >= 0.6 is 12.2 Å². The Kier molecular flexibility index (Phi) is 3.01. The highest BCUT2D eigenvalue weighted by Gasteiger charge is 2.18. The fraction of sp³-hybridized carbons (Fsp3) is 0.0833. The minimum absolute atomic E-state index is 0.0760. The number of rotatable bonds is 2. The molecule has 86 valence electrons. The number of nitro benzene ring substituents is 1. The van der Waals surface area contributed by atoms with Crippen LogP contribution in [0.2, 0.25) is 0 Å². The summed E-state index contributed by atoms with van der Waals surface area (Å²) in [6.45, 7) is 1.58. The second-order valence-corrected chi connectivity index (χ2v) is 4.06. The van der Waals surface area contributed by atoms with E-state index in [1.807, 2.05) is 12.1 Å². The van der Waals surface area contributed by atoms with Gasteiger partial charge in [-0.1, -0.05) is 24.3 Å². The van der Waals surface area contributed by atoms with Gasteiger partial charge >= 0.3 is 5.69 Å². The normalized spacial score (nSPS) is 10.2. The van der Waals surface area contributed by atoms with Crippen LogP contribution in [0, 0.1) is 10.1 Å². The van der Waals surface area contributed by atoms with Crippen LogP contribution in [0.15, 0.2) is 36.4 Å². The Hall–Kier alpha value is -2.01. The highest BCUT2D eigenvalue weighted by atomic mass is 32.1. The Labute approximate surface area is 103 Å². The predicted molar refractivity (Wildman–Crippen MR) is 69.5 cm³/mol. The number of hydrogen-bond acceptors (Lipinski definition) is 4. The lowest BCUT2D eigenvalue weighted by molar-refractivity contribution is -0.385. The molecule has 0 unspecified atom stereocenters. The quantitative estimate of drug-likeness (QED) is 0.463. The van der Waals surface area contributed by atoms with Crippen molar-refractivity contribution in [3.8, 4) is 5.75 Å². The smallest absolute Gasteiger partial charge is 0.312 e. The van der Waals surface area contributed by atoms with Crippen molar-refractivity contribution in [3.05, 3.63) is 46.5 Å². The van der Waals surface area contributed by atoms with Crippen molar-refractivity contribution < 1.29 is 9.66 Å². The van der Waals surface area contributed by atoms with E-state index in [0.717, 1.165) is 5.39 Å². The van der Waals surface area contributed by atoms with Crippen LogP contribution in [0.5, 0.6) is 5.75 Å². The molecule has 0 aliphatic heterocycles. The van der Waals surface area contributed by atoms with E-state index in [2.05, 4.69) is 0 Å². The molecule has 2 aromatic rings. The van der Waals surface area contributed by atoms with Gasteiger partial charge < -0.3 is 4.74 Å². The number of nitrogens with zero attached hydrogens (tertiary/aromatic N) is 1. The minimum Gasteiger partial charge on any atom is -0.443 e. The summed E-state index contributed by atoms with van der Waals surface area (Å²) in [5.41, 5.74) is -0.0760. The molecule has 0 radical (unpaired) electrons. The molecule has 0 atom stereocenters. The van der Waals surface area contributed by atoms with Crippen molar-refractivity contribution >= 4 is 33.7 Å². The van der Waals surface area contributed by atoms with Gasteiger partial charge in [-0.25, -0.2) is 0 Å². The molecule has 2 rings (SSSR count). The zero-order valence-electron chi connectivity index (χ0n) is 9.04. The average Bonchev–Trinajstić information content (AvgIpc) is 2.28. The van der Waals surface area contributed by atoms with E-state index in [1.54, 1.807) is 25.1 Å². The van der Waals surface area contributed by atoms with Crippen LogP contribution in [0.25, 0.3) is 10.8 Å². The fourth-order valence-corrected chi connectivity index (χ4v) is 1.71. The van der Waals surface area contributed by atoms with Gasteiger partial charge in [-0.3, -0.25) is 10.1 Å². The van der Waals surface area contributed by atoms with Crippen LogP contribution in [-0.2, 0) is 0 Å². The van der Waals surface area contributed by atoms with E-state index in [1.165, 1.54) is 6.07 Å². The number of nitro groups is 1. The van der Waals surface area contributed by atoms with Crippen LogP contribution in [-0.4, -0.2) is 9.97 Å². The summed E-state index contributed by atoms with van der Waals surface area (Å²) in [6, 6.07) is 10.4. The molecule has 0 saturated heterocycles. The molecule has 17 heavy (non-hydrogen) atoms. The largest absolute Gasteiger partial charge is 0.443 e. The number of thiocarbonyl (C=S) groups is 1. The molecular weight excluding hydrogens is 238 g/mol. The zero-order chi connectivity index (χ0) is 12.4. The first kappa shape index (κ1) is 11.5. The van der Waals surface area contributed by atoms with E-state index < -0.39 is 4.92 Å². The summed E-state index contributed by atoms with van der Waals surface area (Å²) in [5, 5.41) is 12.7. The molecule has 0 fully saturated rings. The van der Waals surface area contributed by atoms with Crippen LogP contribution < -0.4 is 4.74 Å². The Morgan fingerprint density at radius 2 is 2.00 bits per heavy atom. The monoisotopic (exact) mass is 247 g/mol. The molecular formula is C12H9NO3S. The van der Waals surface area contributed by atoms with Crippen molar-refractivity contribution in [2.24, 2.45) is 0 Å². The summed E-state index contributed by atoms with van der Waals surface area (Å²) in [7, 11) is 0. The molecule has 0 aromatic heterocycles. The maximum atomic E-state index is 10.9. The third kappa shape index (κ3) is 2.24. The maximum absolute atomic E-state index is 10.9. The molecule has 0 heterocycles. The maximum Gasteiger partial charge on any atom is 0.312 e. The highest BCUT2D eigenvalue weighted by molar-refractivity contribution is 7.80. The summed E-state index contributed by atoms with van der Waals surface area (Å²) < 4.78 is 5.31. The second-order valence-electron chi connectivity index (χ2n) is 3.49. The number of ether oxygens (including phenoxy) is 1. The molecule has 0 N–H and O–H groups in total. The van der Waals surface area contributed by atoms with E-state index >= 15 is 0 Å². The van der Waals surface area contributed by atoms with Gasteiger partial charge in [0.1, 0.15) is 0 Å². The molecule has 0 aliphatic carbocycles. The van der Waals surface area contributed by atoms with E-state index in [-0.39, 0.29) is 16.5 Å². The Morgan fingerprint density at radius 1 is 1.29 bits per heavy atom. The van der Waals surface area contributed by atoms with E-state index in [4.69, 9.17) is 17.0 Å². The number of fused-ring (bicyclic) bond motifs is 1. The van der Waals surface area contributed by atoms with E-state index in [0.29, 0.717) is 5.39 Å². The average molecular weight is 247 g/mol. The molecule has 0 saturated carbocycles. The van der Waals surface area contributed by atoms with Crippen molar-refractivity contribution in [3.63, 3.8) is 0 Å². The summed E-state index contributed by atoms with van der Waals surface area (Å²) in [5.74, 6) is 0.209. The molecule has 0 aliphatic rings. The molecule has 4 nitrogen and oxygen atoms in total. The summed E-state index contributed by atoms with van der Waals surface area (Å²) in [4.78, 5) is 10.5. The van der Waals surface area contributed by atoms with Gasteiger partial charge in [-0.15, -0.1) is 0 Å². The highest BCUT2D eigenvalue weighted by Crippen LogP contribution is 2.35. The molecule has 0 amide bonds. The van der Waals surface area contributed by atoms with Gasteiger partial charge in [0.15, 0.2) is 5.05 Å². The van der Waals surface area contributed by atoms with Crippen molar-refractivity contribution in [2.75, 3.05) is 0 Å². The predicted octanol–water partition coefficient (Wildman–Crippen LogP) is 3.47. The SMILES string of the molecule is CC(=S)Oc1c([N+](=O)[O-])ccc2ccccc12. The lowest BCUT2D eigenvalue weighted by atomic mass is 10.1. The molecule has 0 spiro atoms. The van der Waals surface area contributed by atoms with Gasteiger partial charge in [0.25, 0.3) is 0 Å². The number of hydrogen-bond donors (Lipinski definition) is 0. The van der Waals surface area contributed by atoms with Gasteiger partial charge in [-0.2, -0.15) is 0 Å². The third-order valence-corrected chi connectivity index (χ3v) is 2.38. The first-order chi connectivity index (χ1) is 8.09. The van der Waals surface area contributed by atoms with Crippen molar-refractivity contribution in [2.45, 2.75) is 6.92 Å². The molecule has 5 heteroatoms. The van der Waals surface area contributed by atoms with Gasteiger partial charge in [-0.05, 0) is 23.7 Å². The van der Waals surface area contributed by atoms with Crippen molar-refractivity contribution in [1.82, 2.24) is 0 Å². The third-order valence-electron chi connectivity index (χ3n) is 2.30. The standard InChI is InChI=1S/C12H9NO3S/c1-8(17)16-12-10-5-3-2-4-9(10)6-7-11(12)13(14)15/h2-7H,1H3.